The first kappa shape index (κ1) is 27.8. The predicted octanol–water partition coefficient (Wildman–Crippen LogP) is 6.58. The molecule has 0 saturated carbocycles. The molecule has 0 N–H and O–H groups in total. The van der Waals surface area contributed by atoms with E-state index >= 15 is 0 Å². The number of carbonyl (C=O) groups excluding carboxylic acids is 4. The normalized spacial score (nSPS) is 10.3. The maximum atomic E-state index is 12.0. The molecule has 4 aromatic rings. The lowest BCUT2D eigenvalue weighted by molar-refractivity contribution is -0.220. The fourth-order valence-electron chi connectivity index (χ4n) is 3.68. The highest BCUT2D eigenvalue weighted by molar-refractivity contribution is 5.95. The van der Waals surface area contributed by atoms with Crippen LogP contribution >= 0.6 is 0 Å². The predicted molar refractivity (Wildman–Crippen MR) is 146 cm³/mol. The number of carbonyl (C=O) groups is 4. The Morgan fingerprint density at radius 3 is 1.00 bits per heavy atom. The molecule has 202 valence electrons. The molecule has 0 spiro atoms. The first-order valence-corrected chi connectivity index (χ1v) is 12.5. The summed E-state index contributed by atoms with van der Waals surface area (Å²) in [5, 5.41) is 0. The molecule has 4 rings (SSSR count). The highest BCUT2D eigenvalue weighted by atomic mass is 17.2. The Hall–Kier alpha value is -5.24. The molecular weight excluding hydrogens is 512 g/mol. The van der Waals surface area contributed by atoms with Crippen LogP contribution in [0.15, 0.2) is 97.1 Å². The van der Waals surface area contributed by atoms with Gasteiger partial charge in [-0.2, -0.15) is 0 Å². The van der Waals surface area contributed by atoms with Crippen molar-refractivity contribution in [2.24, 2.45) is 0 Å². The van der Waals surface area contributed by atoms with Gasteiger partial charge in [-0.15, -0.1) is 0 Å². The molecule has 0 aliphatic rings. The molecule has 0 aliphatic carbocycles. The molecule has 4 aromatic carbocycles. The highest BCUT2D eigenvalue weighted by Crippen LogP contribution is 2.24. The largest absolute Gasteiger partial charge is 0.356 e. The van der Waals surface area contributed by atoms with Gasteiger partial charge in [-0.25, -0.2) is 9.59 Å². The maximum absolute atomic E-state index is 12.0. The Balaban J connectivity index is 1.17. The summed E-state index contributed by atoms with van der Waals surface area (Å²) < 4.78 is 0. The highest BCUT2D eigenvalue weighted by Gasteiger charge is 2.13. The summed E-state index contributed by atoms with van der Waals surface area (Å²) in [6, 6.07) is 28.1. The average Bonchev–Trinajstić information content (AvgIpc) is 2.98. The van der Waals surface area contributed by atoms with Crippen LogP contribution in [-0.4, -0.2) is 23.5 Å². The van der Waals surface area contributed by atoms with Crippen LogP contribution in [0.4, 0.5) is 0 Å². The van der Waals surface area contributed by atoms with Gasteiger partial charge in [0.1, 0.15) is 0 Å². The van der Waals surface area contributed by atoms with Crippen molar-refractivity contribution in [3.8, 4) is 33.8 Å². The first-order chi connectivity index (χ1) is 19.3. The summed E-state index contributed by atoms with van der Waals surface area (Å²) in [5.41, 5.74) is 4.91. The molecule has 0 amide bonds. The third kappa shape index (κ3) is 7.64. The van der Waals surface area contributed by atoms with Crippen LogP contribution in [0.5, 0.6) is 11.5 Å². The Kier molecular flexibility index (Phi) is 9.04. The van der Waals surface area contributed by atoms with Crippen LogP contribution in [0.2, 0.25) is 0 Å². The Morgan fingerprint density at radius 1 is 0.450 bits per heavy atom. The maximum Gasteiger partial charge on any atom is 0.356 e. The fourth-order valence-corrected chi connectivity index (χ4v) is 3.68. The van der Waals surface area contributed by atoms with Gasteiger partial charge in [0.25, 0.3) is 0 Å². The summed E-state index contributed by atoms with van der Waals surface area (Å²) in [7, 11) is 0. The third-order valence-corrected chi connectivity index (χ3v) is 5.95. The third-order valence-electron chi connectivity index (χ3n) is 5.95. The van der Waals surface area contributed by atoms with E-state index in [1.165, 1.54) is 13.8 Å². The van der Waals surface area contributed by atoms with E-state index < -0.39 is 11.9 Å². The lowest BCUT2D eigenvalue weighted by Crippen LogP contribution is -2.13. The van der Waals surface area contributed by atoms with Crippen LogP contribution < -0.4 is 9.78 Å². The van der Waals surface area contributed by atoms with E-state index in [0.717, 1.165) is 22.3 Å². The van der Waals surface area contributed by atoms with Gasteiger partial charge in [0, 0.05) is 11.1 Å². The van der Waals surface area contributed by atoms with E-state index in [1.807, 2.05) is 24.3 Å². The topological polar surface area (TPSA) is 105 Å². The quantitative estimate of drug-likeness (QED) is 0.120. The first-order valence-electron chi connectivity index (χ1n) is 12.5. The minimum Gasteiger partial charge on any atom is -0.295 e. The molecule has 0 saturated heterocycles. The van der Waals surface area contributed by atoms with Gasteiger partial charge < -0.3 is 0 Å². The van der Waals surface area contributed by atoms with E-state index in [9.17, 15) is 19.2 Å². The Bertz CT molecular complexity index is 1370. The van der Waals surface area contributed by atoms with Crippen molar-refractivity contribution in [1.82, 2.24) is 0 Å². The number of ketones is 2. The van der Waals surface area contributed by atoms with Gasteiger partial charge in [0.2, 0.25) is 0 Å². The van der Waals surface area contributed by atoms with Gasteiger partial charge in [-0.3, -0.25) is 29.1 Å². The molecule has 8 nitrogen and oxygen atoms in total. The minimum absolute atomic E-state index is 0.00101. The van der Waals surface area contributed by atoms with E-state index in [-0.39, 0.29) is 24.4 Å². The molecule has 0 bridgehead atoms. The molecule has 0 radical (unpaired) electrons. The van der Waals surface area contributed by atoms with Crippen molar-refractivity contribution in [2.75, 3.05) is 0 Å². The molecule has 0 fully saturated rings. The van der Waals surface area contributed by atoms with Gasteiger partial charge in [-0.05, 0) is 60.4 Å². The molecule has 0 aliphatic heterocycles. The van der Waals surface area contributed by atoms with E-state index in [2.05, 4.69) is 0 Å². The molecule has 8 heteroatoms. The summed E-state index contributed by atoms with van der Waals surface area (Å²) in [6.45, 7) is 3.03. The van der Waals surface area contributed by atoms with E-state index in [0.29, 0.717) is 22.6 Å². The SMILES string of the molecule is CC(=O)c1ccc(-c2ccc(OOC(=O)CCC(=O)OOc3ccc(-c4ccc(C(C)=O)cc4)cc3)cc2)cc1. The second kappa shape index (κ2) is 13.0. The lowest BCUT2D eigenvalue weighted by Gasteiger charge is -2.07. The zero-order valence-electron chi connectivity index (χ0n) is 21.9. The summed E-state index contributed by atoms with van der Waals surface area (Å²) >= 11 is 0. The monoisotopic (exact) mass is 538 g/mol. The lowest BCUT2D eigenvalue weighted by atomic mass is 10.0. The smallest absolute Gasteiger partial charge is 0.295 e. The standard InChI is InChI=1S/C32H26O8/c1-21(33)23-3-7-25(8-4-23)27-11-15-29(16-12-27)37-39-31(35)19-20-32(36)40-38-30-17-13-28(14-18-30)26-9-5-24(6-10-26)22(2)34/h3-18H,19-20H2,1-2H3. The Labute approximate surface area is 230 Å². The molecule has 0 heterocycles. The van der Waals surface area contributed by atoms with Gasteiger partial charge in [0.05, 0.1) is 12.8 Å². The number of hydrogen-bond donors (Lipinski definition) is 0. The minimum atomic E-state index is -0.749. The zero-order chi connectivity index (χ0) is 28.5. The van der Waals surface area contributed by atoms with Crippen LogP contribution in [0.25, 0.3) is 22.3 Å². The van der Waals surface area contributed by atoms with Crippen LogP contribution in [0.3, 0.4) is 0 Å². The van der Waals surface area contributed by atoms with Gasteiger partial charge in [-0.1, -0.05) is 72.8 Å². The van der Waals surface area contributed by atoms with Crippen LogP contribution in [0, 0.1) is 0 Å². The van der Waals surface area contributed by atoms with Crippen molar-refractivity contribution in [3.63, 3.8) is 0 Å². The molecule has 0 aromatic heterocycles. The average molecular weight is 539 g/mol. The second-order valence-electron chi connectivity index (χ2n) is 8.89. The number of hydrogen-bond acceptors (Lipinski definition) is 8. The van der Waals surface area contributed by atoms with Crippen molar-refractivity contribution in [1.29, 1.82) is 0 Å². The molecule has 0 atom stereocenters. The number of benzene rings is 4. The molecule has 40 heavy (non-hydrogen) atoms. The van der Waals surface area contributed by atoms with Crippen molar-refractivity contribution in [3.05, 3.63) is 108 Å². The van der Waals surface area contributed by atoms with Crippen LogP contribution in [0.1, 0.15) is 47.4 Å². The fraction of sp³-hybridized carbons (Fsp3) is 0.125. The van der Waals surface area contributed by atoms with Gasteiger partial charge in [0.15, 0.2) is 23.1 Å². The molecule has 0 unspecified atom stereocenters. The van der Waals surface area contributed by atoms with Crippen LogP contribution in [-0.2, 0) is 19.4 Å². The number of Topliss-reactive ketones (excluding diaryl/α,β-unsaturated/α-hetero) is 2. The van der Waals surface area contributed by atoms with Gasteiger partial charge >= 0.3 is 11.9 Å². The summed E-state index contributed by atoms with van der Waals surface area (Å²) in [4.78, 5) is 66.4. The van der Waals surface area contributed by atoms with E-state index in [1.54, 1.807) is 72.8 Å². The van der Waals surface area contributed by atoms with Crippen molar-refractivity contribution >= 4 is 23.5 Å². The second-order valence-corrected chi connectivity index (χ2v) is 8.89. The van der Waals surface area contributed by atoms with Crippen molar-refractivity contribution in [2.45, 2.75) is 26.7 Å². The summed E-state index contributed by atoms with van der Waals surface area (Å²) in [6.07, 6.45) is -0.532. The number of rotatable bonds is 11. The summed E-state index contributed by atoms with van der Waals surface area (Å²) in [5.74, 6) is -0.886. The van der Waals surface area contributed by atoms with E-state index in [4.69, 9.17) is 19.6 Å². The zero-order valence-corrected chi connectivity index (χ0v) is 21.9. The van der Waals surface area contributed by atoms with Crippen molar-refractivity contribution < 1.29 is 38.7 Å². The Morgan fingerprint density at radius 2 is 0.725 bits per heavy atom. The molecular formula is C32H26O8.